The van der Waals surface area contributed by atoms with Crippen LogP contribution in [0.25, 0.3) is 0 Å². The lowest BCUT2D eigenvalue weighted by atomic mass is 9.80. The molecule has 2 rings (SSSR count). The largest absolute Gasteiger partial charge is 0.458 e. The second-order valence-electron chi connectivity index (χ2n) is 12.3. The first-order valence-electron chi connectivity index (χ1n) is 14.7. The maximum atomic E-state index is 12.7. The molecular weight excluding hydrogens is 512 g/mol. The maximum Gasteiger partial charge on any atom is 0.309 e. The highest BCUT2D eigenvalue weighted by atomic mass is 16.6. The summed E-state index contributed by atoms with van der Waals surface area (Å²) >= 11 is 0. The van der Waals surface area contributed by atoms with Crippen LogP contribution in [0.15, 0.2) is 36.0 Å². The topological polar surface area (TPSA) is 115 Å². The number of rotatable bonds is 10. The van der Waals surface area contributed by atoms with Crippen LogP contribution in [0, 0.1) is 23.2 Å². The zero-order chi connectivity index (χ0) is 30.2. The lowest BCUT2D eigenvalue weighted by molar-refractivity contribution is -0.151. The highest BCUT2D eigenvalue weighted by Crippen LogP contribution is 2.37. The maximum absolute atomic E-state index is 12.7. The van der Waals surface area contributed by atoms with Gasteiger partial charge >= 0.3 is 11.9 Å². The summed E-state index contributed by atoms with van der Waals surface area (Å²) < 4.78 is 22.8. The SMILES string of the molecule is CC[C@H](OC)[C@@H](C)[C@@H]1O[C@H]1[C@@H](O)[C@H](C)/C=C/C=C(\C)[C@H]1OC(=O)C[C@H](O)CCC(C)(C)[C@@H](OC(C)=O)/C=C/[C@@H]1C. The number of carbonyl (C=O) groups is 2. The second kappa shape index (κ2) is 15.3. The van der Waals surface area contributed by atoms with E-state index in [9.17, 15) is 19.8 Å². The van der Waals surface area contributed by atoms with Crippen LogP contribution >= 0.6 is 0 Å². The van der Waals surface area contributed by atoms with E-state index in [1.807, 2.05) is 65.0 Å². The first-order valence-corrected chi connectivity index (χ1v) is 14.7. The monoisotopic (exact) mass is 564 g/mol. The van der Waals surface area contributed by atoms with Crippen molar-refractivity contribution in [2.24, 2.45) is 23.2 Å². The first-order chi connectivity index (χ1) is 18.7. The molecule has 0 saturated carbocycles. The Bertz CT molecular complexity index is 918. The second-order valence-corrected chi connectivity index (χ2v) is 12.3. The third kappa shape index (κ3) is 9.82. The Morgan fingerprint density at radius 1 is 1.23 bits per heavy atom. The van der Waals surface area contributed by atoms with Crippen molar-refractivity contribution >= 4 is 11.9 Å². The number of hydrogen-bond acceptors (Lipinski definition) is 8. The Morgan fingerprint density at radius 3 is 2.50 bits per heavy atom. The van der Waals surface area contributed by atoms with E-state index in [1.54, 1.807) is 7.11 Å². The van der Waals surface area contributed by atoms with Crippen LogP contribution in [0.1, 0.15) is 81.1 Å². The molecule has 228 valence electrons. The standard InChI is InChI=1S/C32H52O8/c1-10-25(37-9)22(5)30-31(40-30)28(36)19(2)12-11-13-20(3)29-21(4)14-15-26(38-23(6)33)32(7,8)17-16-24(34)18-27(35)39-29/h11-15,19,21-22,24-26,28-31,34,36H,10,16-18H2,1-9H3/b12-11+,15-14+,20-13+/t19-,21+,22-,24-,25+,26+,28+,29-,30+,31+/m1/s1. The Labute approximate surface area is 240 Å². The zero-order valence-electron chi connectivity index (χ0n) is 25.8. The summed E-state index contributed by atoms with van der Waals surface area (Å²) in [6, 6.07) is 0. The molecule has 8 nitrogen and oxygen atoms in total. The van der Waals surface area contributed by atoms with Gasteiger partial charge < -0.3 is 29.2 Å². The third-order valence-corrected chi connectivity index (χ3v) is 8.38. The van der Waals surface area contributed by atoms with E-state index in [1.165, 1.54) is 6.92 Å². The summed E-state index contributed by atoms with van der Waals surface area (Å²) in [4.78, 5) is 24.5. The Kier molecular flexibility index (Phi) is 13.1. The van der Waals surface area contributed by atoms with Crippen LogP contribution in [0.4, 0.5) is 0 Å². The number of allylic oxidation sites excluding steroid dienone is 2. The van der Waals surface area contributed by atoms with Gasteiger partial charge in [-0.25, -0.2) is 0 Å². The van der Waals surface area contributed by atoms with Gasteiger partial charge in [0.05, 0.1) is 30.8 Å². The summed E-state index contributed by atoms with van der Waals surface area (Å²) in [5.41, 5.74) is 0.396. The molecule has 2 heterocycles. The molecule has 0 radical (unpaired) electrons. The van der Waals surface area contributed by atoms with E-state index < -0.39 is 35.8 Å². The number of epoxide rings is 1. The summed E-state index contributed by atoms with van der Waals surface area (Å²) in [7, 11) is 1.70. The summed E-state index contributed by atoms with van der Waals surface area (Å²) in [6.45, 7) is 15.3. The molecule has 40 heavy (non-hydrogen) atoms. The lowest BCUT2D eigenvalue weighted by Gasteiger charge is -2.33. The molecule has 2 N–H and O–H groups in total. The van der Waals surface area contributed by atoms with Crippen molar-refractivity contribution in [2.75, 3.05) is 7.11 Å². The fourth-order valence-electron chi connectivity index (χ4n) is 5.48. The van der Waals surface area contributed by atoms with Crippen LogP contribution in [0.5, 0.6) is 0 Å². The van der Waals surface area contributed by atoms with Crippen molar-refractivity contribution in [3.8, 4) is 0 Å². The number of carbonyl (C=O) groups excluding carboxylic acids is 2. The zero-order valence-corrected chi connectivity index (χ0v) is 25.8. The quantitative estimate of drug-likeness (QED) is 0.166. The molecular formula is C32H52O8. The molecule has 1 fully saturated rings. The van der Waals surface area contributed by atoms with Crippen LogP contribution in [0.3, 0.4) is 0 Å². The Morgan fingerprint density at radius 2 is 1.90 bits per heavy atom. The van der Waals surface area contributed by atoms with Gasteiger partial charge in [0.1, 0.15) is 18.3 Å². The van der Waals surface area contributed by atoms with Crippen LogP contribution in [-0.4, -0.2) is 72.0 Å². The van der Waals surface area contributed by atoms with Gasteiger partial charge in [-0.2, -0.15) is 0 Å². The minimum absolute atomic E-state index is 0.0209. The first kappa shape index (κ1) is 34.2. The molecule has 1 saturated heterocycles. The molecule has 0 amide bonds. The van der Waals surface area contributed by atoms with Crippen molar-refractivity contribution in [3.63, 3.8) is 0 Å². The number of aliphatic hydroxyl groups excluding tert-OH is 2. The molecule has 0 unspecified atom stereocenters. The molecule has 0 bridgehead atoms. The van der Waals surface area contributed by atoms with Crippen molar-refractivity contribution in [1.82, 2.24) is 0 Å². The minimum atomic E-state index is -0.844. The predicted octanol–water partition coefficient (Wildman–Crippen LogP) is 4.92. The van der Waals surface area contributed by atoms with Crippen molar-refractivity contribution in [1.29, 1.82) is 0 Å². The minimum Gasteiger partial charge on any atom is -0.458 e. The van der Waals surface area contributed by atoms with E-state index in [0.29, 0.717) is 12.8 Å². The van der Waals surface area contributed by atoms with E-state index in [-0.39, 0.29) is 48.5 Å². The summed E-state index contributed by atoms with van der Waals surface area (Å²) in [6.07, 6.45) is 8.54. The van der Waals surface area contributed by atoms with Crippen LogP contribution in [0.2, 0.25) is 0 Å². The fourth-order valence-corrected chi connectivity index (χ4v) is 5.48. The number of hydrogen-bond donors (Lipinski definition) is 2. The highest BCUT2D eigenvalue weighted by Gasteiger charge is 2.50. The Hall–Kier alpha value is -2.00. The number of aliphatic hydroxyl groups is 2. The van der Waals surface area contributed by atoms with Crippen molar-refractivity contribution in [2.45, 2.75) is 124 Å². The molecule has 8 heteroatoms. The molecule has 0 aromatic heterocycles. The number of cyclic esters (lactones) is 1. The van der Waals surface area contributed by atoms with E-state index in [2.05, 4.69) is 13.8 Å². The predicted molar refractivity (Wildman–Crippen MR) is 154 cm³/mol. The normalized spacial score (nSPS) is 33.6. The molecule has 2 aliphatic rings. The number of ether oxygens (including phenoxy) is 4. The van der Waals surface area contributed by atoms with Gasteiger partial charge in [0, 0.05) is 37.2 Å². The molecule has 2 aliphatic heterocycles. The number of esters is 2. The van der Waals surface area contributed by atoms with Gasteiger partial charge in [-0.15, -0.1) is 0 Å². The van der Waals surface area contributed by atoms with Crippen LogP contribution < -0.4 is 0 Å². The highest BCUT2D eigenvalue weighted by molar-refractivity contribution is 5.70. The molecule has 0 aliphatic carbocycles. The van der Waals surface area contributed by atoms with Crippen molar-refractivity contribution < 1.29 is 38.7 Å². The average Bonchev–Trinajstić information content (AvgIpc) is 3.68. The van der Waals surface area contributed by atoms with Crippen LogP contribution in [-0.2, 0) is 28.5 Å². The number of methoxy groups -OCH3 is 1. The van der Waals surface area contributed by atoms with E-state index >= 15 is 0 Å². The Balaban J connectivity index is 2.16. The summed E-state index contributed by atoms with van der Waals surface area (Å²) in [5, 5.41) is 21.3. The molecule has 0 aromatic rings. The molecule has 10 atom stereocenters. The summed E-state index contributed by atoms with van der Waals surface area (Å²) in [5.74, 6) is -0.989. The van der Waals surface area contributed by atoms with Gasteiger partial charge in [-0.05, 0) is 37.8 Å². The van der Waals surface area contributed by atoms with Gasteiger partial charge in [-0.1, -0.05) is 65.8 Å². The average molecular weight is 565 g/mol. The van der Waals surface area contributed by atoms with Gasteiger partial charge in [0.25, 0.3) is 0 Å². The van der Waals surface area contributed by atoms with E-state index in [0.717, 1.165) is 12.0 Å². The lowest BCUT2D eigenvalue weighted by Crippen LogP contribution is -2.35. The van der Waals surface area contributed by atoms with E-state index in [4.69, 9.17) is 18.9 Å². The molecule has 0 aromatic carbocycles. The van der Waals surface area contributed by atoms with Crippen molar-refractivity contribution in [3.05, 3.63) is 36.0 Å². The van der Waals surface area contributed by atoms with Gasteiger partial charge in [-0.3, -0.25) is 9.59 Å². The van der Waals surface area contributed by atoms with Gasteiger partial charge in [0.2, 0.25) is 0 Å². The fraction of sp³-hybridized carbons (Fsp3) is 0.750. The third-order valence-electron chi connectivity index (χ3n) is 8.38. The van der Waals surface area contributed by atoms with Gasteiger partial charge in [0.15, 0.2) is 0 Å². The molecule has 0 spiro atoms. The smallest absolute Gasteiger partial charge is 0.309 e.